The van der Waals surface area contributed by atoms with Gasteiger partial charge in [-0.25, -0.2) is 4.98 Å². The molecule has 1 aliphatic carbocycles. The quantitative estimate of drug-likeness (QED) is 0.822. The summed E-state index contributed by atoms with van der Waals surface area (Å²) < 4.78 is 5.12. The molecule has 0 unspecified atom stereocenters. The first-order valence-corrected chi connectivity index (χ1v) is 6.49. The Morgan fingerprint density at radius 1 is 1.41 bits per heavy atom. The Hall–Kier alpha value is -1.09. The third-order valence-corrected chi connectivity index (χ3v) is 3.96. The van der Waals surface area contributed by atoms with Gasteiger partial charge in [-0.2, -0.15) is 0 Å². The van der Waals surface area contributed by atoms with Gasteiger partial charge in [0.25, 0.3) is 0 Å². The lowest BCUT2D eigenvalue weighted by molar-refractivity contribution is 0.123. The van der Waals surface area contributed by atoms with Crippen molar-refractivity contribution < 1.29 is 4.74 Å². The van der Waals surface area contributed by atoms with E-state index in [2.05, 4.69) is 17.2 Å². The van der Waals surface area contributed by atoms with Crippen LogP contribution in [0.25, 0.3) is 0 Å². The lowest BCUT2D eigenvalue weighted by atomic mass is 9.67. The van der Waals surface area contributed by atoms with Gasteiger partial charge < -0.3 is 10.1 Å². The standard InChI is InChI=1S/C14H22N2O/c1-3-14(8-5-9-14)11-15-10-12-6-4-7-13(16-12)17-2/h4,6-7,15H,3,5,8-11H2,1-2H3. The summed E-state index contributed by atoms with van der Waals surface area (Å²) in [5.74, 6) is 0.693. The fourth-order valence-electron chi connectivity index (χ4n) is 2.46. The minimum Gasteiger partial charge on any atom is -0.481 e. The average Bonchev–Trinajstić information content (AvgIpc) is 2.33. The summed E-state index contributed by atoms with van der Waals surface area (Å²) >= 11 is 0. The van der Waals surface area contributed by atoms with Crippen LogP contribution in [0.5, 0.6) is 5.88 Å². The van der Waals surface area contributed by atoms with Gasteiger partial charge in [0.15, 0.2) is 0 Å². The van der Waals surface area contributed by atoms with Gasteiger partial charge in [0.2, 0.25) is 5.88 Å². The zero-order chi connectivity index (χ0) is 12.1. The van der Waals surface area contributed by atoms with E-state index in [0.717, 1.165) is 18.8 Å². The molecule has 1 aliphatic rings. The molecule has 0 radical (unpaired) electrons. The van der Waals surface area contributed by atoms with Gasteiger partial charge in [0.05, 0.1) is 12.8 Å². The summed E-state index contributed by atoms with van der Waals surface area (Å²) in [6.07, 6.45) is 5.43. The first-order valence-electron chi connectivity index (χ1n) is 6.49. The van der Waals surface area contributed by atoms with E-state index in [4.69, 9.17) is 4.74 Å². The number of methoxy groups -OCH3 is 1. The summed E-state index contributed by atoms with van der Waals surface area (Å²) in [6, 6.07) is 5.90. The molecule has 1 aromatic rings. The predicted molar refractivity (Wildman–Crippen MR) is 69.1 cm³/mol. The van der Waals surface area contributed by atoms with Crippen molar-refractivity contribution in [3.8, 4) is 5.88 Å². The van der Waals surface area contributed by atoms with Crippen molar-refractivity contribution in [1.82, 2.24) is 10.3 Å². The highest BCUT2D eigenvalue weighted by molar-refractivity contribution is 5.15. The monoisotopic (exact) mass is 234 g/mol. The number of hydrogen-bond acceptors (Lipinski definition) is 3. The average molecular weight is 234 g/mol. The van der Waals surface area contributed by atoms with Crippen molar-refractivity contribution >= 4 is 0 Å². The molecule has 1 fully saturated rings. The molecule has 0 bridgehead atoms. The summed E-state index contributed by atoms with van der Waals surface area (Å²) in [5, 5.41) is 3.53. The second-order valence-electron chi connectivity index (χ2n) is 4.98. The lowest BCUT2D eigenvalue weighted by Crippen LogP contribution is -2.39. The number of ether oxygens (including phenoxy) is 1. The molecule has 2 rings (SSSR count). The van der Waals surface area contributed by atoms with Gasteiger partial charge in [-0.3, -0.25) is 0 Å². The highest BCUT2D eigenvalue weighted by Crippen LogP contribution is 2.43. The normalized spacial score (nSPS) is 17.5. The van der Waals surface area contributed by atoms with E-state index >= 15 is 0 Å². The molecule has 0 amide bonds. The SMILES string of the molecule is CCC1(CNCc2cccc(OC)n2)CCC1. The van der Waals surface area contributed by atoms with Gasteiger partial charge in [-0.1, -0.05) is 19.4 Å². The second kappa shape index (κ2) is 5.50. The van der Waals surface area contributed by atoms with Crippen molar-refractivity contribution in [2.24, 2.45) is 5.41 Å². The molecular weight excluding hydrogens is 212 g/mol. The Morgan fingerprint density at radius 2 is 2.24 bits per heavy atom. The van der Waals surface area contributed by atoms with E-state index in [1.54, 1.807) is 7.11 Å². The second-order valence-corrected chi connectivity index (χ2v) is 4.98. The van der Waals surface area contributed by atoms with Crippen molar-refractivity contribution in [2.75, 3.05) is 13.7 Å². The van der Waals surface area contributed by atoms with Crippen LogP contribution in [-0.4, -0.2) is 18.6 Å². The van der Waals surface area contributed by atoms with Gasteiger partial charge in [-0.05, 0) is 30.7 Å². The van der Waals surface area contributed by atoms with Gasteiger partial charge >= 0.3 is 0 Å². The Balaban J connectivity index is 1.81. The molecule has 1 N–H and O–H groups in total. The third kappa shape index (κ3) is 2.97. The van der Waals surface area contributed by atoms with Crippen LogP contribution in [0.15, 0.2) is 18.2 Å². The van der Waals surface area contributed by atoms with E-state index in [9.17, 15) is 0 Å². The minimum atomic E-state index is 0.568. The predicted octanol–water partition coefficient (Wildman–Crippen LogP) is 2.76. The molecule has 0 saturated heterocycles. The molecule has 1 heterocycles. The number of hydrogen-bond donors (Lipinski definition) is 1. The maximum Gasteiger partial charge on any atom is 0.213 e. The van der Waals surface area contributed by atoms with Crippen LogP contribution in [-0.2, 0) is 6.54 Å². The lowest BCUT2D eigenvalue weighted by Gasteiger charge is -2.41. The molecule has 0 aromatic carbocycles. The van der Waals surface area contributed by atoms with Gasteiger partial charge in [-0.15, -0.1) is 0 Å². The molecule has 3 nitrogen and oxygen atoms in total. The van der Waals surface area contributed by atoms with E-state index < -0.39 is 0 Å². The fraction of sp³-hybridized carbons (Fsp3) is 0.643. The van der Waals surface area contributed by atoms with Crippen LogP contribution < -0.4 is 10.1 Å². The molecule has 0 atom stereocenters. The molecule has 0 spiro atoms. The summed E-state index contributed by atoms with van der Waals surface area (Å²) in [5.41, 5.74) is 1.62. The van der Waals surface area contributed by atoms with Crippen LogP contribution in [0.1, 0.15) is 38.3 Å². The van der Waals surface area contributed by atoms with Crippen molar-refractivity contribution in [1.29, 1.82) is 0 Å². The zero-order valence-electron chi connectivity index (χ0n) is 10.8. The number of pyridine rings is 1. The summed E-state index contributed by atoms with van der Waals surface area (Å²) in [4.78, 5) is 4.40. The fourth-order valence-corrected chi connectivity index (χ4v) is 2.46. The van der Waals surface area contributed by atoms with Crippen LogP contribution >= 0.6 is 0 Å². The smallest absolute Gasteiger partial charge is 0.213 e. The maximum atomic E-state index is 5.12. The zero-order valence-corrected chi connectivity index (χ0v) is 10.8. The van der Waals surface area contributed by atoms with Crippen LogP contribution in [0.2, 0.25) is 0 Å². The van der Waals surface area contributed by atoms with Gasteiger partial charge in [0.1, 0.15) is 0 Å². The maximum absolute atomic E-state index is 5.12. The number of rotatable bonds is 6. The van der Waals surface area contributed by atoms with E-state index in [1.165, 1.54) is 25.7 Å². The number of nitrogens with one attached hydrogen (secondary N) is 1. The Bertz CT molecular complexity index is 355. The van der Waals surface area contributed by atoms with E-state index in [1.807, 2.05) is 18.2 Å². The minimum absolute atomic E-state index is 0.568. The first kappa shape index (κ1) is 12.4. The first-order chi connectivity index (χ1) is 8.28. The highest BCUT2D eigenvalue weighted by Gasteiger charge is 2.34. The molecule has 0 aliphatic heterocycles. The van der Waals surface area contributed by atoms with Gasteiger partial charge in [0, 0.05) is 19.2 Å². The van der Waals surface area contributed by atoms with Crippen molar-refractivity contribution in [3.05, 3.63) is 23.9 Å². The Kier molecular flexibility index (Phi) is 4.00. The number of aromatic nitrogens is 1. The van der Waals surface area contributed by atoms with Crippen molar-refractivity contribution in [2.45, 2.75) is 39.2 Å². The molecule has 94 valence electrons. The molecule has 3 heteroatoms. The molecule has 17 heavy (non-hydrogen) atoms. The van der Waals surface area contributed by atoms with Crippen LogP contribution in [0.4, 0.5) is 0 Å². The van der Waals surface area contributed by atoms with Crippen molar-refractivity contribution in [3.63, 3.8) is 0 Å². The molecule has 1 saturated carbocycles. The highest BCUT2D eigenvalue weighted by atomic mass is 16.5. The molecular formula is C14H22N2O. The summed E-state index contributed by atoms with van der Waals surface area (Å²) in [7, 11) is 1.65. The van der Waals surface area contributed by atoms with Crippen LogP contribution in [0.3, 0.4) is 0 Å². The third-order valence-electron chi connectivity index (χ3n) is 3.96. The van der Waals surface area contributed by atoms with E-state index in [-0.39, 0.29) is 0 Å². The largest absolute Gasteiger partial charge is 0.481 e. The summed E-state index contributed by atoms with van der Waals surface area (Å²) in [6.45, 7) is 4.24. The molecule has 1 aromatic heterocycles. The number of nitrogens with zero attached hydrogens (tertiary/aromatic N) is 1. The Labute approximate surface area is 104 Å². The topological polar surface area (TPSA) is 34.1 Å². The van der Waals surface area contributed by atoms with E-state index in [0.29, 0.717) is 11.3 Å². The Morgan fingerprint density at radius 3 is 2.82 bits per heavy atom. The van der Waals surface area contributed by atoms with Crippen LogP contribution in [0, 0.1) is 5.41 Å².